The van der Waals surface area contributed by atoms with E-state index >= 15 is 0 Å². The maximum Gasteiger partial charge on any atom is 0.335 e. The maximum absolute atomic E-state index is 10.2. The highest BCUT2D eigenvalue weighted by atomic mass is 16.4. The Morgan fingerprint density at radius 2 is 2.00 bits per heavy atom. The van der Waals surface area contributed by atoms with Gasteiger partial charge in [-0.15, -0.1) is 12.3 Å². The van der Waals surface area contributed by atoms with Crippen LogP contribution < -0.4 is 0 Å². The lowest BCUT2D eigenvalue weighted by Gasteiger charge is -2.03. The molecule has 0 radical (unpaired) electrons. The second kappa shape index (κ2) is 10.4. The molecule has 0 saturated heterocycles. The van der Waals surface area contributed by atoms with Crippen molar-refractivity contribution in [1.29, 1.82) is 0 Å². The fraction of sp³-hybridized carbons (Fsp3) is 0.400. The lowest BCUT2D eigenvalue weighted by molar-refractivity contribution is 0.0697. The Hall–Kier alpha value is -1.79. The van der Waals surface area contributed by atoms with Gasteiger partial charge < -0.3 is 10.2 Å². The first-order valence-electron chi connectivity index (χ1n) is 6.01. The average molecular weight is 248 g/mol. The number of unbranched alkanes of at least 4 members (excludes halogenated alkanes) is 1. The molecule has 0 amide bonds. The molecule has 0 spiro atoms. The first-order chi connectivity index (χ1) is 8.61. The van der Waals surface area contributed by atoms with Gasteiger partial charge in [-0.25, -0.2) is 4.79 Å². The third-order valence-electron chi connectivity index (χ3n) is 2.27. The quantitative estimate of drug-likeness (QED) is 0.788. The summed E-state index contributed by atoms with van der Waals surface area (Å²) in [6.45, 7) is 2.10. The minimum Gasteiger partial charge on any atom is -0.478 e. The number of carboxylic acid groups (broad SMARTS) is 1. The number of hydrogen-bond acceptors (Lipinski definition) is 2. The molecule has 1 atom stereocenters. The molecule has 98 valence electrons. The van der Waals surface area contributed by atoms with Gasteiger partial charge in [-0.05, 0) is 18.6 Å². The van der Waals surface area contributed by atoms with Crippen molar-refractivity contribution in [1.82, 2.24) is 0 Å². The van der Waals surface area contributed by atoms with E-state index in [0.29, 0.717) is 12.0 Å². The SMILES string of the molecule is C#CCC(O)CCCC.O=C(O)c1ccccc1. The van der Waals surface area contributed by atoms with Gasteiger partial charge in [0.25, 0.3) is 0 Å². The molecule has 1 aromatic carbocycles. The second-order valence-electron chi connectivity index (χ2n) is 3.88. The highest BCUT2D eigenvalue weighted by molar-refractivity contribution is 5.87. The zero-order chi connectivity index (χ0) is 13.8. The Balaban J connectivity index is 0.000000321. The number of terminal acetylenes is 1. The van der Waals surface area contributed by atoms with E-state index in [4.69, 9.17) is 16.6 Å². The van der Waals surface area contributed by atoms with Crippen LogP contribution in [0.1, 0.15) is 43.0 Å². The van der Waals surface area contributed by atoms with Crippen LogP contribution in [0.15, 0.2) is 30.3 Å². The van der Waals surface area contributed by atoms with Crippen molar-refractivity contribution in [3.8, 4) is 12.3 Å². The molecule has 2 N–H and O–H groups in total. The second-order valence-corrected chi connectivity index (χ2v) is 3.88. The molecule has 0 bridgehead atoms. The van der Waals surface area contributed by atoms with Gasteiger partial charge in [-0.2, -0.15) is 0 Å². The van der Waals surface area contributed by atoms with Crippen LogP contribution >= 0.6 is 0 Å². The molecule has 0 saturated carbocycles. The van der Waals surface area contributed by atoms with E-state index in [9.17, 15) is 4.79 Å². The number of rotatable bonds is 5. The monoisotopic (exact) mass is 248 g/mol. The smallest absolute Gasteiger partial charge is 0.335 e. The molecular weight excluding hydrogens is 228 g/mol. The van der Waals surface area contributed by atoms with Gasteiger partial charge >= 0.3 is 5.97 Å². The van der Waals surface area contributed by atoms with E-state index in [-0.39, 0.29) is 6.10 Å². The standard InChI is InChI=1S/C8H14O.C7H6O2/c1-3-5-7-8(9)6-4-2;8-7(9)6-4-2-1-3-5-6/h2,8-9H,3,5-7H2,1H3;1-5H,(H,8,9). The van der Waals surface area contributed by atoms with Gasteiger partial charge in [-0.3, -0.25) is 0 Å². The van der Waals surface area contributed by atoms with Gasteiger partial charge in [0, 0.05) is 6.42 Å². The van der Waals surface area contributed by atoms with Crippen LogP contribution in [-0.4, -0.2) is 22.3 Å². The summed E-state index contributed by atoms with van der Waals surface area (Å²) in [5.74, 6) is 1.55. The highest BCUT2D eigenvalue weighted by Gasteiger charge is 1.98. The van der Waals surface area contributed by atoms with Crippen LogP contribution in [-0.2, 0) is 0 Å². The van der Waals surface area contributed by atoms with E-state index in [1.165, 1.54) is 0 Å². The number of aliphatic hydroxyl groups excluding tert-OH is 1. The molecule has 1 aromatic rings. The first-order valence-corrected chi connectivity index (χ1v) is 6.01. The lowest BCUT2D eigenvalue weighted by Crippen LogP contribution is -2.03. The maximum atomic E-state index is 10.2. The minimum atomic E-state index is -0.879. The summed E-state index contributed by atoms with van der Waals surface area (Å²) < 4.78 is 0. The molecule has 3 nitrogen and oxygen atoms in total. The van der Waals surface area contributed by atoms with Crippen LogP contribution in [0.25, 0.3) is 0 Å². The molecule has 0 aliphatic heterocycles. The molecule has 1 unspecified atom stereocenters. The Morgan fingerprint density at radius 1 is 1.39 bits per heavy atom. The summed E-state index contributed by atoms with van der Waals surface area (Å²) in [6.07, 6.45) is 8.27. The van der Waals surface area contributed by atoms with Crippen LogP contribution in [0.4, 0.5) is 0 Å². The Labute approximate surface area is 108 Å². The number of hydrogen-bond donors (Lipinski definition) is 2. The summed E-state index contributed by atoms with van der Waals surface area (Å²) >= 11 is 0. The van der Waals surface area contributed by atoms with Crippen LogP contribution in [0.2, 0.25) is 0 Å². The molecule has 0 aliphatic carbocycles. The van der Waals surface area contributed by atoms with Crippen molar-refractivity contribution in [2.45, 2.75) is 38.7 Å². The van der Waals surface area contributed by atoms with Gasteiger partial charge in [0.05, 0.1) is 11.7 Å². The number of benzene rings is 1. The zero-order valence-electron chi connectivity index (χ0n) is 10.7. The molecule has 3 heteroatoms. The zero-order valence-corrected chi connectivity index (χ0v) is 10.7. The normalized spacial score (nSPS) is 10.7. The van der Waals surface area contributed by atoms with E-state index in [1.54, 1.807) is 30.3 Å². The predicted octanol–water partition coefficient (Wildman–Crippen LogP) is 2.95. The number of aromatic carboxylic acids is 1. The van der Waals surface area contributed by atoms with Gasteiger partial charge in [0.15, 0.2) is 0 Å². The summed E-state index contributed by atoms with van der Waals surface area (Å²) in [6, 6.07) is 8.30. The molecule has 0 fully saturated rings. The number of carbonyl (C=O) groups is 1. The molecule has 18 heavy (non-hydrogen) atoms. The Bertz CT molecular complexity index is 365. The van der Waals surface area contributed by atoms with Gasteiger partial charge in [0.2, 0.25) is 0 Å². The third kappa shape index (κ3) is 8.37. The lowest BCUT2D eigenvalue weighted by atomic mass is 10.1. The number of aliphatic hydroxyl groups is 1. The molecular formula is C15H20O3. The first kappa shape index (κ1) is 16.2. The molecule has 0 heterocycles. The van der Waals surface area contributed by atoms with Crippen LogP contribution in [0.5, 0.6) is 0 Å². The van der Waals surface area contributed by atoms with Crippen molar-refractivity contribution < 1.29 is 15.0 Å². The average Bonchev–Trinajstić information content (AvgIpc) is 2.38. The minimum absolute atomic E-state index is 0.269. The van der Waals surface area contributed by atoms with E-state index in [0.717, 1.165) is 19.3 Å². The van der Waals surface area contributed by atoms with Crippen LogP contribution in [0.3, 0.4) is 0 Å². The fourth-order valence-corrected chi connectivity index (χ4v) is 1.26. The Kier molecular flexibility index (Phi) is 9.34. The summed E-state index contributed by atoms with van der Waals surface area (Å²) in [4.78, 5) is 10.2. The number of carboxylic acids is 1. The summed E-state index contributed by atoms with van der Waals surface area (Å²) in [5.41, 5.74) is 0.331. The van der Waals surface area contributed by atoms with Crippen LogP contribution in [0, 0.1) is 12.3 Å². The predicted molar refractivity (Wildman–Crippen MR) is 72.4 cm³/mol. The third-order valence-corrected chi connectivity index (χ3v) is 2.27. The van der Waals surface area contributed by atoms with Gasteiger partial charge in [0.1, 0.15) is 0 Å². The molecule has 1 rings (SSSR count). The van der Waals surface area contributed by atoms with Crippen molar-refractivity contribution in [3.63, 3.8) is 0 Å². The summed E-state index contributed by atoms with van der Waals surface area (Å²) in [5, 5.41) is 17.4. The van der Waals surface area contributed by atoms with Crippen molar-refractivity contribution in [2.75, 3.05) is 0 Å². The molecule has 0 aromatic heterocycles. The highest BCUT2D eigenvalue weighted by Crippen LogP contribution is 2.02. The van der Waals surface area contributed by atoms with Crippen molar-refractivity contribution >= 4 is 5.97 Å². The summed E-state index contributed by atoms with van der Waals surface area (Å²) in [7, 11) is 0. The molecule has 0 aliphatic rings. The van der Waals surface area contributed by atoms with E-state index < -0.39 is 5.97 Å². The van der Waals surface area contributed by atoms with Crippen molar-refractivity contribution in [2.24, 2.45) is 0 Å². The fourth-order valence-electron chi connectivity index (χ4n) is 1.26. The Morgan fingerprint density at radius 3 is 2.39 bits per heavy atom. The topological polar surface area (TPSA) is 57.5 Å². The van der Waals surface area contributed by atoms with E-state index in [1.807, 2.05) is 0 Å². The van der Waals surface area contributed by atoms with E-state index in [2.05, 4.69) is 12.8 Å². The largest absolute Gasteiger partial charge is 0.478 e. The van der Waals surface area contributed by atoms with Crippen molar-refractivity contribution in [3.05, 3.63) is 35.9 Å². The van der Waals surface area contributed by atoms with Gasteiger partial charge in [-0.1, -0.05) is 38.0 Å².